The standard InChI is InChI=1S/C17H16FN3O4/c18-12-7-5-11(6-8-12)9-15(22)20-21-16(23)10-25-14-4-2-1-3-13(14)17(19)24/h1-8H,9-10H2,(H2,19,24)(H,20,22)(H,21,23). The average molecular weight is 345 g/mol. The minimum atomic E-state index is -0.677. The summed E-state index contributed by atoms with van der Waals surface area (Å²) in [6, 6.07) is 11.6. The Labute approximate surface area is 142 Å². The van der Waals surface area contributed by atoms with E-state index in [-0.39, 0.29) is 17.7 Å². The fourth-order valence-corrected chi connectivity index (χ4v) is 1.95. The maximum atomic E-state index is 12.8. The molecule has 0 aromatic heterocycles. The molecule has 0 aliphatic rings. The van der Waals surface area contributed by atoms with E-state index in [1.165, 1.54) is 36.4 Å². The van der Waals surface area contributed by atoms with Gasteiger partial charge in [0.2, 0.25) is 5.91 Å². The lowest BCUT2D eigenvalue weighted by Crippen LogP contribution is -2.44. The van der Waals surface area contributed by atoms with Gasteiger partial charge in [0.25, 0.3) is 11.8 Å². The van der Waals surface area contributed by atoms with Crippen LogP contribution < -0.4 is 21.3 Å². The second kappa shape index (κ2) is 8.44. The van der Waals surface area contributed by atoms with Crippen molar-refractivity contribution in [2.45, 2.75) is 6.42 Å². The molecule has 7 nitrogen and oxygen atoms in total. The monoisotopic (exact) mass is 345 g/mol. The van der Waals surface area contributed by atoms with Crippen LogP contribution in [0.3, 0.4) is 0 Å². The number of carbonyl (C=O) groups excluding carboxylic acids is 3. The quantitative estimate of drug-likeness (QED) is 0.669. The van der Waals surface area contributed by atoms with Crippen LogP contribution in [0.4, 0.5) is 4.39 Å². The van der Waals surface area contributed by atoms with Crippen molar-refractivity contribution in [3.8, 4) is 5.75 Å². The van der Waals surface area contributed by atoms with Crippen LogP contribution in [0.15, 0.2) is 48.5 Å². The largest absolute Gasteiger partial charge is 0.483 e. The van der Waals surface area contributed by atoms with Crippen molar-refractivity contribution in [1.82, 2.24) is 10.9 Å². The number of primary amides is 1. The Hall–Kier alpha value is -3.42. The van der Waals surface area contributed by atoms with E-state index in [1.807, 2.05) is 0 Å². The van der Waals surface area contributed by atoms with Gasteiger partial charge in [0.05, 0.1) is 12.0 Å². The van der Waals surface area contributed by atoms with Crippen molar-refractivity contribution in [3.63, 3.8) is 0 Å². The van der Waals surface area contributed by atoms with Gasteiger partial charge >= 0.3 is 0 Å². The van der Waals surface area contributed by atoms with Crippen molar-refractivity contribution in [1.29, 1.82) is 0 Å². The van der Waals surface area contributed by atoms with Crippen LogP contribution in [0, 0.1) is 5.82 Å². The summed E-state index contributed by atoms with van der Waals surface area (Å²) < 4.78 is 18.0. The number of benzene rings is 2. The zero-order valence-corrected chi connectivity index (χ0v) is 13.1. The zero-order valence-electron chi connectivity index (χ0n) is 13.1. The van der Waals surface area contributed by atoms with Crippen LogP contribution in [-0.2, 0) is 16.0 Å². The van der Waals surface area contributed by atoms with Crippen LogP contribution in [0.25, 0.3) is 0 Å². The Morgan fingerprint density at radius 1 is 0.960 bits per heavy atom. The molecule has 0 heterocycles. The number of para-hydroxylation sites is 1. The molecule has 0 radical (unpaired) electrons. The molecule has 8 heteroatoms. The lowest BCUT2D eigenvalue weighted by molar-refractivity contribution is -0.129. The van der Waals surface area contributed by atoms with E-state index in [0.29, 0.717) is 5.56 Å². The van der Waals surface area contributed by atoms with Gasteiger partial charge in [-0.25, -0.2) is 4.39 Å². The van der Waals surface area contributed by atoms with Crippen molar-refractivity contribution in [3.05, 3.63) is 65.5 Å². The second-order valence-corrected chi connectivity index (χ2v) is 5.05. The number of nitrogens with one attached hydrogen (secondary N) is 2. The third-order valence-corrected chi connectivity index (χ3v) is 3.13. The molecule has 0 saturated heterocycles. The number of rotatable bonds is 6. The molecule has 0 saturated carbocycles. The van der Waals surface area contributed by atoms with Crippen molar-refractivity contribution in [2.24, 2.45) is 5.73 Å². The molecule has 4 N–H and O–H groups in total. The molecule has 0 fully saturated rings. The second-order valence-electron chi connectivity index (χ2n) is 5.05. The molecule has 0 spiro atoms. The Balaban J connectivity index is 1.78. The number of hydrogen-bond acceptors (Lipinski definition) is 4. The summed E-state index contributed by atoms with van der Waals surface area (Å²) in [5, 5.41) is 0. The van der Waals surface area contributed by atoms with E-state index in [0.717, 1.165) is 0 Å². The molecule has 0 aliphatic carbocycles. The summed E-state index contributed by atoms with van der Waals surface area (Å²) in [5.74, 6) is -2.00. The highest BCUT2D eigenvalue weighted by molar-refractivity contribution is 5.95. The predicted molar refractivity (Wildman–Crippen MR) is 86.8 cm³/mol. The van der Waals surface area contributed by atoms with Gasteiger partial charge in [0.15, 0.2) is 6.61 Å². The fraction of sp³-hybridized carbons (Fsp3) is 0.118. The summed E-state index contributed by atoms with van der Waals surface area (Å²) in [6.45, 7) is -0.416. The molecule has 2 rings (SSSR count). The van der Waals surface area contributed by atoms with E-state index in [4.69, 9.17) is 10.5 Å². The first-order valence-corrected chi connectivity index (χ1v) is 7.29. The molecule has 0 atom stereocenters. The van der Waals surface area contributed by atoms with Gasteiger partial charge in [-0.1, -0.05) is 24.3 Å². The van der Waals surface area contributed by atoms with Gasteiger partial charge in [-0.2, -0.15) is 0 Å². The smallest absolute Gasteiger partial charge is 0.276 e. The molecule has 0 bridgehead atoms. The summed E-state index contributed by atoms with van der Waals surface area (Å²) in [5.41, 5.74) is 10.3. The summed E-state index contributed by atoms with van der Waals surface area (Å²) >= 11 is 0. The van der Waals surface area contributed by atoms with Crippen LogP contribution >= 0.6 is 0 Å². The van der Waals surface area contributed by atoms with E-state index >= 15 is 0 Å². The molecule has 25 heavy (non-hydrogen) atoms. The van der Waals surface area contributed by atoms with E-state index in [2.05, 4.69) is 10.9 Å². The van der Waals surface area contributed by atoms with Gasteiger partial charge in [-0.3, -0.25) is 25.2 Å². The SMILES string of the molecule is NC(=O)c1ccccc1OCC(=O)NNC(=O)Cc1ccc(F)cc1. The molecule has 2 aromatic carbocycles. The van der Waals surface area contributed by atoms with Crippen molar-refractivity contribution >= 4 is 17.7 Å². The maximum absolute atomic E-state index is 12.8. The van der Waals surface area contributed by atoms with Crippen LogP contribution in [0.2, 0.25) is 0 Å². The average Bonchev–Trinajstić information content (AvgIpc) is 2.60. The van der Waals surface area contributed by atoms with Crippen LogP contribution in [0.1, 0.15) is 15.9 Å². The lowest BCUT2D eigenvalue weighted by Gasteiger charge is -2.10. The Morgan fingerprint density at radius 3 is 2.28 bits per heavy atom. The van der Waals surface area contributed by atoms with Crippen LogP contribution in [-0.4, -0.2) is 24.3 Å². The maximum Gasteiger partial charge on any atom is 0.276 e. The zero-order chi connectivity index (χ0) is 18.2. The van der Waals surface area contributed by atoms with Gasteiger partial charge in [0, 0.05) is 0 Å². The molecule has 3 amide bonds. The number of carbonyl (C=O) groups is 3. The molecular weight excluding hydrogens is 329 g/mol. The topological polar surface area (TPSA) is 111 Å². The Kier molecular flexibility index (Phi) is 6.05. The summed E-state index contributed by atoms with van der Waals surface area (Å²) in [4.78, 5) is 34.6. The Bertz CT molecular complexity index is 778. The summed E-state index contributed by atoms with van der Waals surface area (Å²) in [7, 11) is 0. The van der Waals surface area contributed by atoms with Gasteiger partial charge in [0.1, 0.15) is 11.6 Å². The number of ether oxygens (including phenoxy) is 1. The fourth-order valence-electron chi connectivity index (χ4n) is 1.95. The number of amides is 3. The minimum Gasteiger partial charge on any atom is -0.483 e. The van der Waals surface area contributed by atoms with Crippen molar-refractivity contribution in [2.75, 3.05) is 6.61 Å². The molecule has 0 unspecified atom stereocenters. The van der Waals surface area contributed by atoms with E-state index in [1.54, 1.807) is 12.1 Å². The van der Waals surface area contributed by atoms with E-state index < -0.39 is 30.1 Å². The highest BCUT2D eigenvalue weighted by Crippen LogP contribution is 2.16. The number of halogens is 1. The first-order chi connectivity index (χ1) is 12.0. The third kappa shape index (κ3) is 5.61. The normalized spacial score (nSPS) is 9.96. The predicted octanol–water partition coefficient (Wildman–Crippen LogP) is 0.694. The van der Waals surface area contributed by atoms with Gasteiger partial charge < -0.3 is 10.5 Å². The van der Waals surface area contributed by atoms with E-state index in [9.17, 15) is 18.8 Å². The first-order valence-electron chi connectivity index (χ1n) is 7.29. The van der Waals surface area contributed by atoms with Crippen molar-refractivity contribution < 1.29 is 23.5 Å². The lowest BCUT2D eigenvalue weighted by atomic mass is 10.1. The summed E-state index contributed by atoms with van der Waals surface area (Å²) in [6.07, 6.45) is -0.0219. The number of hydrazine groups is 1. The molecule has 130 valence electrons. The number of hydrogen-bond donors (Lipinski definition) is 3. The first kappa shape index (κ1) is 17.9. The number of nitrogens with two attached hydrogens (primary N) is 1. The third-order valence-electron chi connectivity index (χ3n) is 3.13. The van der Waals surface area contributed by atoms with Crippen LogP contribution in [0.5, 0.6) is 5.75 Å². The highest BCUT2D eigenvalue weighted by atomic mass is 19.1. The molecule has 0 aliphatic heterocycles. The van der Waals surface area contributed by atoms with Gasteiger partial charge in [-0.15, -0.1) is 0 Å². The minimum absolute atomic E-state index is 0.0219. The molecule has 2 aromatic rings. The van der Waals surface area contributed by atoms with Gasteiger partial charge in [-0.05, 0) is 29.8 Å². The highest BCUT2D eigenvalue weighted by Gasteiger charge is 2.11. The molecular formula is C17H16FN3O4. The Morgan fingerprint density at radius 2 is 1.60 bits per heavy atom.